The van der Waals surface area contributed by atoms with Crippen molar-refractivity contribution in [2.24, 2.45) is 0 Å². The van der Waals surface area contributed by atoms with E-state index < -0.39 is 5.97 Å². The van der Waals surface area contributed by atoms with Crippen molar-refractivity contribution in [1.29, 1.82) is 0 Å². The standard InChI is InChI=1S/C14H19NO2/c1-11-5-2-3-7-13(11)15-10-4-6-12(15)8-9-14(16)17/h2-3,5,7,12H,4,6,8-10H2,1H3,(H,16,17). The summed E-state index contributed by atoms with van der Waals surface area (Å²) < 4.78 is 0. The molecule has 1 fully saturated rings. The van der Waals surface area contributed by atoms with Gasteiger partial charge in [-0.25, -0.2) is 0 Å². The Morgan fingerprint density at radius 2 is 2.24 bits per heavy atom. The number of nitrogens with zero attached hydrogens (tertiary/aromatic N) is 1. The van der Waals surface area contributed by atoms with E-state index in [2.05, 4.69) is 30.0 Å². The highest BCUT2D eigenvalue weighted by Crippen LogP contribution is 2.30. The lowest BCUT2D eigenvalue weighted by Crippen LogP contribution is -2.30. The fourth-order valence-electron chi connectivity index (χ4n) is 2.63. The molecule has 1 aromatic rings. The molecule has 0 saturated carbocycles. The molecule has 0 amide bonds. The van der Waals surface area contributed by atoms with Crippen molar-refractivity contribution in [3.63, 3.8) is 0 Å². The average molecular weight is 233 g/mol. The van der Waals surface area contributed by atoms with E-state index in [1.165, 1.54) is 17.7 Å². The van der Waals surface area contributed by atoms with E-state index in [1.54, 1.807) is 0 Å². The van der Waals surface area contributed by atoms with Gasteiger partial charge in [0.25, 0.3) is 0 Å². The van der Waals surface area contributed by atoms with Gasteiger partial charge in [0, 0.05) is 24.7 Å². The maximum atomic E-state index is 10.6. The number of aryl methyl sites for hydroxylation is 1. The van der Waals surface area contributed by atoms with Gasteiger partial charge in [-0.3, -0.25) is 4.79 Å². The maximum absolute atomic E-state index is 10.6. The third kappa shape index (κ3) is 2.78. The molecule has 17 heavy (non-hydrogen) atoms. The van der Waals surface area contributed by atoms with Crippen molar-refractivity contribution < 1.29 is 9.90 Å². The molecule has 3 heteroatoms. The van der Waals surface area contributed by atoms with Crippen LogP contribution in [0.5, 0.6) is 0 Å². The second kappa shape index (κ2) is 5.21. The second-order valence-corrected chi connectivity index (χ2v) is 4.71. The Morgan fingerprint density at radius 3 is 2.94 bits per heavy atom. The molecule has 0 spiro atoms. The first kappa shape index (κ1) is 12.0. The van der Waals surface area contributed by atoms with Gasteiger partial charge >= 0.3 is 5.97 Å². The van der Waals surface area contributed by atoms with Crippen LogP contribution in [0, 0.1) is 6.92 Å². The molecule has 1 aliphatic rings. The van der Waals surface area contributed by atoms with Gasteiger partial charge in [-0.05, 0) is 37.8 Å². The Hall–Kier alpha value is -1.51. The fraction of sp³-hybridized carbons (Fsp3) is 0.500. The van der Waals surface area contributed by atoms with Gasteiger partial charge in [-0.15, -0.1) is 0 Å². The second-order valence-electron chi connectivity index (χ2n) is 4.71. The van der Waals surface area contributed by atoms with Crippen molar-refractivity contribution in [2.45, 2.75) is 38.6 Å². The molecule has 1 saturated heterocycles. The normalized spacial score (nSPS) is 19.6. The molecule has 0 aromatic heterocycles. The summed E-state index contributed by atoms with van der Waals surface area (Å²) in [4.78, 5) is 13.0. The molecule has 0 radical (unpaired) electrons. The smallest absolute Gasteiger partial charge is 0.303 e. The van der Waals surface area contributed by atoms with E-state index in [9.17, 15) is 4.79 Å². The molecular weight excluding hydrogens is 214 g/mol. The number of anilines is 1. The summed E-state index contributed by atoms with van der Waals surface area (Å²) in [6, 6.07) is 8.74. The zero-order valence-corrected chi connectivity index (χ0v) is 10.2. The number of aliphatic carboxylic acids is 1. The number of carboxylic acids is 1. The number of carboxylic acid groups (broad SMARTS) is 1. The predicted octanol–water partition coefficient (Wildman–Crippen LogP) is 2.83. The van der Waals surface area contributed by atoms with Crippen LogP contribution in [-0.2, 0) is 4.79 Å². The molecule has 1 N–H and O–H groups in total. The van der Waals surface area contributed by atoms with Gasteiger partial charge in [0.1, 0.15) is 0 Å². The highest BCUT2D eigenvalue weighted by Gasteiger charge is 2.25. The Kier molecular flexibility index (Phi) is 3.67. The minimum absolute atomic E-state index is 0.271. The van der Waals surface area contributed by atoms with Crippen LogP contribution in [0.4, 0.5) is 5.69 Å². The van der Waals surface area contributed by atoms with E-state index in [4.69, 9.17) is 5.11 Å². The quantitative estimate of drug-likeness (QED) is 0.869. The summed E-state index contributed by atoms with van der Waals surface area (Å²) in [5, 5.41) is 8.77. The summed E-state index contributed by atoms with van der Waals surface area (Å²) >= 11 is 0. The van der Waals surface area contributed by atoms with Crippen LogP contribution in [0.15, 0.2) is 24.3 Å². The van der Waals surface area contributed by atoms with Gasteiger partial charge in [-0.1, -0.05) is 18.2 Å². The van der Waals surface area contributed by atoms with Gasteiger partial charge in [-0.2, -0.15) is 0 Å². The van der Waals surface area contributed by atoms with E-state index in [0.717, 1.165) is 19.4 Å². The van der Waals surface area contributed by atoms with Gasteiger partial charge in [0.05, 0.1) is 0 Å². The minimum Gasteiger partial charge on any atom is -0.481 e. The fourth-order valence-corrected chi connectivity index (χ4v) is 2.63. The Morgan fingerprint density at radius 1 is 1.47 bits per heavy atom. The van der Waals surface area contributed by atoms with Gasteiger partial charge in [0.15, 0.2) is 0 Å². The summed E-state index contributed by atoms with van der Waals surface area (Å²) in [5.41, 5.74) is 2.54. The van der Waals surface area contributed by atoms with Crippen molar-refractivity contribution in [3.8, 4) is 0 Å². The van der Waals surface area contributed by atoms with Crippen molar-refractivity contribution >= 4 is 11.7 Å². The highest BCUT2D eigenvalue weighted by atomic mass is 16.4. The van der Waals surface area contributed by atoms with Crippen LogP contribution < -0.4 is 4.90 Å². The molecule has 1 unspecified atom stereocenters. The lowest BCUT2D eigenvalue weighted by molar-refractivity contribution is -0.137. The summed E-state index contributed by atoms with van der Waals surface area (Å²) in [7, 11) is 0. The van der Waals surface area contributed by atoms with Crippen LogP contribution in [0.25, 0.3) is 0 Å². The SMILES string of the molecule is Cc1ccccc1N1CCCC1CCC(=O)O. The molecular formula is C14H19NO2. The average Bonchev–Trinajstić information content (AvgIpc) is 2.75. The van der Waals surface area contributed by atoms with Crippen LogP contribution in [-0.4, -0.2) is 23.7 Å². The number of rotatable bonds is 4. The highest BCUT2D eigenvalue weighted by molar-refractivity contribution is 5.67. The number of hydrogen-bond donors (Lipinski definition) is 1. The summed E-state index contributed by atoms with van der Waals surface area (Å²) in [6.07, 6.45) is 3.30. The molecule has 1 heterocycles. The third-order valence-electron chi connectivity index (χ3n) is 3.49. The minimum atomic E-state index is -0.693. The third-order valence-corrected chi connectivity index (χ3v) is 3.49. The number of hydrogen-bond acceptors (Lipinski definition) is 2. The predicted molar refractivity (Wildman–Crippen MR) is 68.4 cm³/mol. The van der Waals surface area contributed by atoms with Gasteiger partial charge in [0.2, 0.25) is 0 Å². The first-order valence-electron chi connectivity index (χ1n) is 6.22. The van der Waals surface area contributed by atoms with Gasteiger partial charge < -0.3 is 10.0 Å². The molecule has 3 nitrogen and oxygen atoms in total. The lowest BCUT2D eigenvalue weighted by Gasteiger charge is -2.28. The lowest BCUT2D eigenvalue weighted by atomic mass is 10.1. The van der Waals surface area contributed by atoms with Crippen molar-refractivity contribution in [3.05, 3.63) is 29.8 Å². The van der Waals surface area contributed by atoms with E-state index in [0.29, 0.717) is 6.04 Å². The molecule has 1 aliphatic heterocycles. The maximum Gasteiger partial charge on any atom is 0.303 e. The first-order valence-corrected chi connectivity index (χ1v) is 6.22. The molecule has 1 aromatic carbocycles. The molecule has 0 aliphatic carbocycles. The van der Waals surface area contributed by atoms with Crippen LogP contribution >= 0.6 is 0 Å². The zero-order valence-electron chi connectivity index (χ0n) is 10.2. The molecule has 2 rings (SSSR count). The number of para-hydroxylation sites is 1. The molecule has 92 valence electrons. The summed E-state index contributed by atoms with van der Waals surface area (Å²) in [5.74, 6) is -0.693. The van der Waals surface area contributed by atoms with Crippen LogP contribution in [0.2, 0.25) is 0 Å². The van der Waals surface area contributed by atoms with E-state index >= 15 is 0 Å². The number of carbonyl (C=O) groups is 1. The monoisotopic (exact) mass is 233 g/mol. The largest absolute Gasteiger partial charge is 0.481 e. The van der Waals surface area contributed by atoms with Crippen LogP contribution in [0.1, 0.15) is 31.2 Å². The van der Waals surface area contributed by atoms with Crippen LogP contribution in [0.3, 0.4) is 0 Å². The number of benzene rings is 1. The Balaban J connectivity index is 2.09. The molecule has 0 bridgehead atoms. The zero-order chi connectivity index (χ0) is 12.3. The van der Waals surface area contributed by atoms with E-state index in [-0.39, 0.29) is 6.42 Å². The summed E-state index contributed by atoms with van der Waals surface area (Å²) in [6.45, 7) is 3.16. The van der Waals surface area contributed by atoms with Crippen molar-refractivity contribution in [2.75, 3.05) is 11.4 Å². The van der Waals surface area contributed by atoms with E-state index in [1.807, 2.05) is 6.07 Å². The Labute approximate surface area is 102 Å². The topological polar surface area (TPSA) is 40.5 Å². The first-order chi connectivity index (χ1) is 8.18. The van der Waals surface area contributed by atoms with Crippen molar-refractivity contribution in [1.82, 2.24) is 0 Å². The molecule has 1 atom stereocenters. The Bertz CT molecular complexity index is 403.